The Bertz CT molecular complexity index is 1540. The lowest BCUT2D eigenvalue weighted by Crippen LogP contribution is -2.38. The van der Waals surface area contributed by atoms with Gasteiger partial charge in [-0.1, -0.05) is 17.7 Å². The Morgan fingerprint density at radius 3 is 2.50 bits per heavy atom. The summed E-state index contributed by atoms with van der Waals surface area (Å²) in [6.45, 7) is 5.77. The van der Waals surface area contributed by atoms with Crippen molar-refractivity contribution in [3.05, 3.63) is 80.6 Å². The Hall–Kier alpha value is -4.36. The van der Waals surface area contributed by atoms with Crippen LogP contribution in [0, 0.1) is 24.0 Å². The number of rotatable bonds is 11. The minimum absolute atomic E-state index is 0.0325. The Kier molecular flexibility index (Phi) is 9.53. The molecule has 1 atom stereocenters. The van der Waals surface area contributed by atoms with Gasteiger partial charge in [0.25, 0.3) is 5.91 Å². The number of carbonyl (C=O) groups excluding carboxylic acids is 3. The van der Waals surface area contributed by atoms with Crippen LogP contribution in [0.4, 0.5) is 17.1 Å². The second-order valence-corrected chi connectivity index (χ2v) is 10.4. The van der Waals surface area contributed by atoms with E-state index in [0.717, 1.165) is 0 Å². The fourth-order valence-electron chi connectivity index (χ4n) is 4.80. The first kappa shape index (κ1) is 30.6. The highest BCUT2D eigenvalue weighted by molar-refractivity contribution is 7.80. The van der Waals surface area contributed by atoms with Gasteiger partial charge in [-0.05, 0) is 81.9 Å². The maximum absolute atomic E-state index is 13.7. The minimum atomic E-state index is -0.906. The number of nitrogens with zero attached hydrogens (tertiary/aromatic N) is 5. The van der Waals surface area contributed by atoms with Crippen molar-refractivity contribution in [1.82, 2.24) is 14.7 Å². The standard InChI is InChI=1S/C28H29ClN6O6S/c1-4-41-27(38)19-9-11-22(12-10-19)34-26(37)23(16-24(36)30-21-8-5-7-20(29)15-21)32(28(34)42)13-6-14-33-18(3)25(35(39)40)17(2)31-33/h5,7-12,15,23H,4,6,13-14,16H2,1-3H3,(H,30,36)/t23-/m1/s1. The minimum Gasteiger partial charge on any atom is -0.462 e. The molecular formula is C28H29ClN6O6S. The van der Waals surface area contributed by atoms with Gasteiger partial charge in [-0.2, -0.15) is 5.10 Å². The molecule has 0 saturated carbocycles. The van der Waals surface area contributed by atoms with Crippen LogP contribution in [0.3, 0.4) is 0 Å². The van der Waals surface area contributed by atoms with Crippen molar-refractivity contribution >= 4 is 63.8 Å². The third-order valence-corrected chi connectivity index (χ3v) is 7.39. The highest BCUT2D eigenvalue weighted by Crippen LogP contribution is 2.29. The van der Waals surface area contributed by atoms with Crippen LogP contribution in [0.25, 0.3) is 0 Å². The molecule has 4 rings (SSSR count). The lowest BCUT2D eigenvalue weighted by molar-refractivity contribution is -0.386. The van der Waals surface area contributed by atoms with Crippen molar-refractivity contribution in [1.29, 1.82) is 0 Å². The smallest absolute Gasteiger partial charge is 0.338 e. The molecule has 0 radical (unpaired) electrons. The molecule has 12 nitrogen and oxygen atoms in total. The molecule has 0 spiro atoms. The first-order chi connectivity index (χ1) is 20.0. The molecule has 0 unspecified atom stereocenters. The van der Waals surface area contributed by atoms with Crippen LogP contribution in [0.5, 0.6) is 0 Å². The number of hydrogen-bond donors (Lipinski definition) is 1. The average molecular weight is 613 g/mol. The van der Waals surface area contributed by atoms with Gasteiger partial charge < -0.3 is 15.0 Å². The maximum Gasteiger partial charge on any atom is 0.338 e. The summed E-state index contributed by atoms with van der Waals surface area (Å²) in [5.41, 5.74) is 1.97. The van der Waals surface area contributed by atoms with E-state index in [1.165, 1.54) is 4.90 Å². The SMILES string of the molecule is CCOC(=O)c1ccc(N2C(=O)[C@@H](CC(=O)Nc3cccc(Cl)c3)N(CCCn3nc(C)c([N+](=O)[O-])c3C)C2=S)cc1. The molecule has 0 aliphatic carbocycles. The molecule has 1 aromatic heterocycles. The Morgan fingerprint density at radius 2 is 1.88 bits per heavy atom. The lowest BCUT2D eigenvalue weighted by Gasteiger charge is -2.24. The molecule has 1 N–H and O–H groups in total. The summed E-state index contributed by atoms with van der Waals surface area (Å²) in [5.74, 6) is -1.29. The van der Waals surface area contributed by atoms with Crippen LogP contribution in [-0.4, -0.2) is 61.7 Å². The first-order valence-corrected chi connectivity index (χ1v) is 14.0. The number of nitro groups is 1. The van der Waals surface area contributed by atoms with Crippen molar-refractivity contribution in [2.75, 3.05) is 23.4 Å². The number of esters is 1. The van der Waals surface area contributed by atoms with Gasteiger partial charge in [0.05, 0.1) is 29.2 Å². The van der Waals surface area contributed by atoms with E-state index in [4.69, 9.17) is 28.6 Å². The molecule has 1 aliphatic rings. The predicted octanol–water partition coefficient (Wildman–Crippen LogP) is 4.66. The van der Waals surface area contributed by atoms with Gasteiger partial charge in [-0.15, -0.1) is 0 Å². The second-order valence-electron chi connectivity index (χ2n) is 9.55. The fraction of sp³-hybridized carbons (Fsp3) is 0.321. The number of ether oxygens (including phenoxy) is 1. The van der Waals surface area contributed by atoms with E-state index in [-0.39, 0.29) is 30.4 Å². The monoisotopic (exact) mass is 612 g/mol. The third kappa shape index (κ3) is 6.58. The Labute approximate surface area is 252 Å². The van der Waals surface area contributed by atoms with Gasteiger partial charge in [-0.3, -0.25) is 29.3 Å². The van der Waals surface area contributed by atoms with Crippen LogP contribution >= 0.6 is 23.8 Å². The van der Waals surface area contributed by atoms with Gasteiger partial charge in [0.2, 0.25) is 5.91 Å². The summed E-state index contributed by atoms with van der Waals surface area (Å²) in [4.78, 5) is 52.8. The van der Waals surface area contributed by atoms with Gasteiger partial charge in [-0.25, -0.2) is 4.79 Å². The van der Waals surface area contributed by atoms with E-state index >= 15 is 0 Å². The molecule has 3 aromatic rings. The van der Waals surface area contributed by atoms with E-state index in [2.05, 4.69) is 10.4 Å². The van der Waals surface area contributed by atoms with E-state index in [1.54, 1.807) is 78.9 Å². The number of thiocarbonyl (C=S) groups is 1. The average Bonchev–Trinajstić information content (AvgIpc) is 3.35. The lowest BCUT2D eigenvalue weighted by atomic mass is 10.1. The molecule has 42 heavy (non-hydrogen) atoms. The van der Waals surface area contributed by atoms with Crippen LogP contribution < -0.4 is 10.2 Å². The highest BCUT2D eigenvalue weighted by atomic mass is 35.5. The molecule has 2 aromatic carbocycles. The normalized spacial score (nSPS) is 14.8. The van der Waals surface area contributed by atoms with E-state index in [1.807, 2.05) is 0 Å². The van der Waals surface area contributed by atoms with E-state index in [0.29, 0.717) is 46.3 Å². The molecule has 1 saturated heterocycles. The zero-order chi connectivity index (χ0) is 30.6. The zero-order valence-corrected chi connectivity index (χ0v) is 24.8. The number of halogens is 1. The summed E-state index contributed by atoms with van der Waals surface area (Å²) < 4.78 is 6.59. The van der Waals surface area contributed by atoms with Gasteiger partial charge in [0.15, 0.2) is 5.11 Å². The predicted molar refractivity (Wildman–Crippen MR) is 161 cm³/mol. The second kappa shape index (κ2) is 13.1. The summed E-state index contributed by atoms with van der Waals surface area (Å²) in [7, 11) is 0. The van der Waals surface area contributed by atoms with Crippen molar-refractivity contribution < 1.29 is 24.0 Å². The van der Waals surface area contributed by atoms with Crippen LogP contribution in [0.2, 0.25) is 5.02 Å². The topological polar surface area (TPSA) is 140 Å². The number of nitrogens with one attached hydrogen (secondary N) is 1. The molecule has 2 heterocycles. The molecule has 1 aliphatic heterocycles. The number of amides is 2. The zero-order valence-electron chi connectivity index (χ0n) is 23.2. The number of aromatic nitrogens is 2. The van der Waals surface area contributed by atoms with Crippen molar-refractivity contribution in [3.63, 3.8) is 0 Å². The molecule has 14 heteroatoms. The van der Waals surface area contributed by atoms with Crippen LogP contribution in [-0.2, 0) is 20.9 Å². The quantitative estimate of drug-likeness (QED) is 0.142. The number of aryl methyl sites for hydroxylation is 2. The molecule has 2 amide bonds. The maximum atomic E-state index is 13.7. The molecule has 0 bridgehead atoms. The van der Waals surface area contributed by atoms with Gasteiger partial charge >= 0.3 is 11.7 Å². The van der Waals surface area contributed by atoms with Crippen LogP contribution in [0.1, 0.15) is 41.5 Å². The summed E-state index contributed by atoms with van der Waals surface area (Å²) >= 11 is 11.8. The molecular weight excluding hydrogens is 584 g/mol. The fourth-order valence-corrected chi connectivity index (χ4v) is 5.40. The third-order valence-electron chi connectivity index (χ3n) is 6.74. The number of anilines is 2. The largest absolute Gasteiger partial charge is 0.462 e. The van der Waals surface area contributed by atoms with Crippen LogP contribution in [0.15, 0.2) is 48.5 Å². The first-order valence-electron chi connectivity index (χ1n) is 13.2. The molecule has 220 valence electrons. The Balaban J connectivity index is 1.55. The summed E-state index contributed by atoms with van der Waals surface area (Å²) in [5, 5.41) is 19.1. The number of carbonyl (C=O) groups is 3. The summed E-state index contributed by atoms with van der Waals surface area (Å²) in [6.07, 6.45) is 0.253. The highest BCUT2D eigenvalue weighted by Gasteiger charge is 2.44. The van der Waals surface area contributed by atoms with E-state index in [9.17, 15) is 24.5 Å². The molecule has 1 fully saturated rings. The van der Waals surface area contributed by atoms with Crippen molar-refractivity contribution in [2.45, 2.75) is 46.2 Å². The van der Waals surface area contributed by atoms with E-state index < -0.39 is 28.7 Å². The van der Waals surface area contributed by atoms with Crippen molar-refractivity contribution in [3.8, 4) is 0 Å². The van der Waals surface area contributed by atoms with Gasteiger partial charge in [0, 0.05) is 23.8 Å². The van der Waals surface area contributed by atoms with Gasteiger partial charge in [0.1, 0.15) is 17.4 Å². The Morgan fingerprint density at radius 1 is 1.17 bits per heavy atom. The summed E-state index contributed by atoms with van der Waals surface area (Å²) in [6, 6.07) is 12.0. The number of benzene rings is 2. The van der Waals surface area contributed by atoms with Crippen molar-refractivity contribution in [2.24, 2.45) is 0 Å². The number of hydrogen-bond acceptors (Lipinski definition) is 8.